The molecule has 0 aliphatic heterocycles. The van der Waals surface area contributed by atoms with E-state index in [0.717, 1.165) is 5.56 Å². The lowest BCUT2D eigenvalue weighted by atomic mass is 10.2. The quantitative estimate of drug-likeness (QED) is 0.889. The lowest BCUT2D eigenvalue weighted by Gasteiger charge is -1.93. The number of carboxylic acid groups (broad SMARTS) is 1. The van der Waals surface area contributed by atoms with Crippen molar-refractivity contribution in [2.24, 2.45) is 0 Å². The third kappa shape index (κ3) is 2.65. The van der Waals surface area contributed by atoms with Gasteiger partial charge in [0.25, 0.3) is 0 Å². The molecule has 0 saturated carbocycles. The van der Waals surface area contributed by atoms with E-state index in [2.05, 4.69) is 10.2 Å². The zero-order valence-electron chi connectivity index (χ0n) is 8.62. The summed E-state index contributed by atoms with van der Waals surface area (Å²) in [5.41, 5.74) is 1.40. The minimum Gasteiger partial charge on any atom is -0.481 e. The normalized spacial score (nSPS) is 9.82. The summed E-state index contributed by atoms with van der Waals surface area (Å²) in [6, 6.07) is 8.94. The molecule has 2 rings (SSSR count). The molecule has 0 spiro atoms. The van der Waals surface area contributed by atoms with Crippen molar-refractivity contribution in [3.8, 4) is 16.6 Å². The number of rotatable bonds is 3. The van der Waals surface area contributed by atoms with Crippen LogP contribution in [0.1, 0.15) is 10.6 Å². The largest absolute Gasteiger partial charge is 0.481 e. The van der Waals surface area contributed by atoms with Crippen molar-refractivity contribution in [2.75, 3.05) is 0 Å². The third-order valence-electron chi connectivity index (χ3n) is 2.03. The van der Waals surface area contributed by atoms with Crippen LogP contribution in [0.4, 0.5) is 0 Å². The lowest BCUT2D eigenvalue weighted by molar-refractivity contribution is -0.136. The molecule has 6 heteroatoms. The second-order valence-electron chi connectivity index (χ2n) is 3.26. The Morgan fingerprint density at radius 2 is 2.06 bits per heavy atom. The first kappa shape index (κ1) is 11.2. The average molecular weight is 245 g/mol. The molecule has 84 valence electrons. The predicted octanol–water partition coefficient (Wildman–Crippen LogP) is 1.70. The van der Waals surface area contributed by atoms with Crippen LogP contribution in [-0.2, 0) is 11.2 Å². The van der Waals surface area contributed by atoms with Crippen LogP contribution in [0, 0.1) is 11.3 Å². The van der Waals surface area contributed by atoms with Gasteiger partial charge in [-0.15, -0.1) is 10.2 Å². The number of aliphatic carboxylic acids is 1. The number of nitrogens with zero attached hydrogens (tertiary/aromatic N) is 3. The molecule has 1 aromatic heterocycles. The Labute approximate surface area is 101 Å². The van der Waals surface area contributed by atoms with Gasteiger partial charge in [-0.1, -0.05) is 23.5 Å². The summed E-state index contributed by atoms with van der Waals surface area (Å²) in [5.74, 6) is -0.924. The highest BCUT2D eigenvalue weighted by Gasteiger charge is 2.09. The van der Waals surface area contributed by atoms with Gasteiger partial charge in [0.2, 0.25) is 0 Å². The molecule has 0 fully saturated rings. The van der Waals surface area contributed by atoms with Crippen LogP contribution in [-0.4, -0.2) is 21.3 Å². The Hall–Kier alpha value is -2.26. The van der Waals surface area contributed by atoms with Gasteiger partial charge in [0.15, 0.2) is 0 Å². The smallest absolute Gasteiger partial charge is 0.310 e. The number of carbonyl (C=O) groups is 1. The van der Waals surface area contributed by atoms with Crippen molar-refractivity contribution in [3.63, 3.8) is 0 Å². The Balaban J connectivity index is 2.24. The molecule has 0 unspecified atom stereocenters. The van der Waals surface area contributed by atoms with Crippen molar-refractivity contribution in [1.82, 2.24) is 10.2 Å². The van der Waals surface area contributed by atoms with Crippen LogP contribution in [0.25, 0.3) is 10.6 Å². The molecule has 0 bridgehead atoms. The number of hydrogen-bond donors (Lipinski definition) is 1. The zero-order valence-corrected chi connectivity index (χ0v) is 9.44. The highest BCUT2D eigenvalue weighted by atomic mass is 32.1. The molecule has 5 nitrogen and oxygen atoms in total. The average Bonchev–Trinajstić information content (AvgIpc) is 2.77. The number of hydrogen-bond acceptors (Lipinski definition) is 5. The van der Waals surface area contributed by atoms with E-state index in [-0.39, 0.29) is 6.42 Å². The predicted molar refractivity (Wildman–Crippen MR) is 61.4 cm³/mol. The third-order valence-corrected chi connectivity index (χ3v) is 3.00. The molecule has 0 amide bonds. The van der Waals surface area contributed by atoms with Crippen LogP contribution >= 0.6 is 11.3 Å². The first-order chi connectivity index (χ1) is 8.19. The zero-order chi connectivity index (χ0) is 12.3. The van der Waals surface area contributed by atoms with Crippen LogP contribution in [0.5, 0.6) is 0 Å². The fourth-order valence-electron chi connectivity index (χ4n) is 1.26. The van der Waals surface area contributed by atoms with E-state index in [9.17, 15) is 4.79 Å². The van der Waals surface area contributed by atoms with E-state index in [4.69, 9.17) is 10.4 Å². The Morgan fingerprint density at radius 1 is 1.35 bits per heavy atom. The van der Waals surface area contributed by atoms with E-state index in [1.54, 1.807) is 24.3 Å². The maximum atomic E-state index is 10.5. The molecule has 0 aliphatic carbocycles. The number of benzene rings is 1. The van der Waals surface area contributed by atoms with Crippen LogP contribution in [0.3, 0.4) is 0 Å². The van der Waals surface area contributed by atoms with E-state index in [1.807, 2.05) is 6.07 Å². The van der Waals surface area contributed by atoms with E-state index in [1.165, 1.54) is 11.3 Å². The molecule has 0 atom stereocenters. The van der Waals surface area contributed by atoms with Crippen molar-refractivity contribution in [3.05, 3.63) is 34.8 Å². The number of nitriles is 1. The first-order valence-corrected chi connectivity index (χ1v) is 5.55. The Bertz CT molecular complexity index is 584. The van der Waals surface area contributed by atoms with Crippen LogP contribution < -0.4 is 0 Å². The highest BCUT2D eigenvalue weighted by molar-refractivity contribution is 7.14. The highest BCUT2D eigenvalue weighted by Crippen LogP contribution is 2.23. The van der Waals surface area contributed by atoms with Gasteiger partial charge in [0.05, 0.1) is 18.1 Å². The summed E-state index contributed by atoms with van der Waals surface area (Å²) in [5, 5.41) is 26.1. The monoisotopic (exact) mass is 245 g/mol. The van der Waals surface area contributed by atoms with Crippen molar-refractivity contribution >= 4 is 17.3 Å². The SMILES string of the molecule is N#Cc1ccc(-c2nnc(CC(=O)O)s2)cc1. The van der Waals surface area contributed by atoms with E-state index >= 15 is 0 Å². The van der Waals surface area contributed by atoms with Crippen molar-refractivity contribution in [1.29, 1.82) is 5.26 Å². The first-order valence-electron chi connectivity index (χ1n) is 4.74. The van der Waals surface area contributed by atoms with E-state index in [0.29, 0.717) is 15.6 Å². The molecule has 17 heavy (non-hydrogen) atoms. The second kappa shape index (κ2) is 4.72. The topological polar surface area (TPSA) is 86.9 Å². The minimum atomic E-state index is -0.924. The van der Waals surface area contributed by atoms with Crippen molar-refractivity contribution < 1.29 is 9.90 Å². The fourth-order valence-corrected chi connectivity index (χ4v) is 2.09. The molecule has 1 N–H and O–H groups in total. The molecule has 2 aromatic rings. The van der Waals surface area contributed by atoms with Gasteiger partial charge >= 0.3 is 5.97 Å². The fraction of sp³-hybridized carbons (Fsp3) is 0.0909. The van der Waals surface area contributed by atoms with Crippen LogP contribution in [0.2, 0.25) is 0 Å². The summed E-state index contributed by atoms with van der Waals surface area (Å²) in [6.07, 6.45) is -0.117. The maximum absolute atomic E-state index is 10.5. The van der Waals surface area contributed by atoms with Gasteiger partial charge < -0.3 is 5.11 Å². The Morgan fingerprint density at radius 3 is 2.65 bits per heavy atom. The molecule has 1 heterocycles. The van der Waals surface area contributed by atoms with Gasteiger partial charge in [-0.2, -0.15) is 5.26 Å². The maximum Gasteiger partial charge on any atom is 0.310 e. The van der Waals surface area contributed by atoms with Gasteiger partial charge in [-0.25, -0.2) is 0 Å². The van der Waals surface area contributed by atoms with Gasteiger partial charge in [-0.3, -0.25) is 4.79 Å². The summed E-state index contributed by atoms with van der Waals surface area (Å²) in [6.45, 7) is 0. The second-order valence-corrected chi connectivity index (χ2v) is 4.32. The lowest BCUT2D eigenvalue weighted by Crippen LogP contribution is -1.98. The summed E-state index contributed by atoms with van der Waals surface area (Å²) in [4.78, 5) is 10.5. The summed E-state index contributed by atoms with van der Waals surface area (Å²) < 4.78 is 0. The Kier molecular flexibility index (Phi) is 3.12. The van der Waals surface area contributed by atoms with Gasteiger partial charge in [0, 0.05) is 5.56 Å². The van der Waals surface area contributed by atoms with Crippen LogP contribution in [0.15, 0.2) is 24.3 Å². The molecular weight excluding hydrogens is 238 g/mol. The molecule has 1 aromatic carbocycles. The molecule has 0 saturated heterocycles. The minimum absolute atomic E-state index is 0.117. The molecular formula is C11H7N3O2S. The number of carboxylic acids is 1. The summed E-state index contributed by atoms with van der Waals surface area (Å²) >= 11 is 1.24. The molecule has 0 aliphatic rings. The van der Waals surface area contributed by atoms with Gasteiger partial charge in [-0.05, 0) is 12.1 Å². The molecule has 0 radical (unpaired) electrons. The standard InChI is InChI=1S/C11H7N3O2S/c12-6-7-1-3-8(4-2-7)11-14-13-9(17-11)5-10(15)16/h1-4H,5H2,(H,15,16). The number of aromatic nitrogens is 2. The van der Waals surface area contributed by atoms with Crippen molar-refractivity contribution in [2.45, 2.75) is 6.42 Å². The summed E-state index contributed by atoms with van der Waals surface area (Å²) in [7, 11) is 0. The van der Waals surface area contributed by atoms with E-state index < -0.39 is 5.97 Å². The van der Waals surface area contributed by atoms with Gasteiger partial charge in [0.1, 0.15) is 10.0 Å².